The van der Waals surface area contributed by atoms with Gasteiger partial charge in [-0.25, -0.2) is 15.0 Å². The van der Waals surface area contributed by atoms with Crippen LogP contribution in [0.25, 0.3) is 0 Å². The lowest BCUT2D eigenvalue weighted by molar-refractivity contribution is 0.0958. The maximum Gasteiger partial charge on any atom is 0.301 e. The number of carbonyl (C=O) groups excluding carboxylic acids is 1. The lowest BCUT2D eigenvalue weighted by Gasteiger charge is -2.35. The highest BCUT2D eigenvalue weighted by molar-refractivity contribution is 7.13. The van der Waals surface area contributed by atoms with Crippen molar-refractivity contribution < 1.29 is 9.21 Å². The van der Waals surface area contributed by atoms with Crippen LogP contribution in [0.5, 0.6) is 0 Å². The number of nitrogens with one attached hydrogen (secondary N) is 2. The summed E-state index contributed by atoms with van der Waals surface area (Å²) in [6.07, 6.45) is 5.24. The summed E-state index contributed by atoms with van der Waals surface area (Å²) in [6, 6.07) is 4.16. The number of nitrogens with zero attached hydrogens (tertiary/aromatic N) is 5. The summed E-state index contributed by atoms with van der Waals surface area (Å²) in [7, 11) is 1.60. The molecule has 0 atom stereocenters. The van der Waals surface area contributed by atoms with Crippen molar-refractivity contribution in [3.63, 3.8) is 0 Å². The molecule has 2 N–H and O–H groups in total. The third-order valence-corrected chi connectivity index (χ3v) is 5.21. The second-order valence-corrected chi connectivity index (χ2v) is 7.23. The fraction of sp³-hybridized carbons (Fsp3) is 0.333. The summed E-state index contributed by atoms with van der Waals surface area (Å²) in [5.74, 6) is 0.649. The number of rotatable bonds is 6. The Bertz CT molecular complexity index is 902. The highest BCUT2D eigenvalue weighted by Crippen LogP contribution is 2.20. The summed E-state index contributed by atoms with van der Waals surface area (Å²) in [5.41, 5.74) is 1.46. The zero-order valence-electron chi connectivity index (χ0n) is 15.5. The number of amides is 1. The maximum atomic E-state index is 11.6. The standard InChI is InChI=1S/C18H21N7O2S/c1-19-16(26)15-3-2-13(10-21-15)25-7-5-24(6-8-25)12-14-11-22-17(27-14)23-18-20-4-9-28-18/h2-4,9-11H,5-8,12H2,1H3,(H,19,26)(H,20,22,23). The predicted molar refractivity (Wildman–Crippen MR) is 107 cm³/mol. The van der Waals surface area contributed by atoms with Gasteiger partial charge < -0.3 is 14.6 Å². The number of aromatic nitrogens is 3. The van der Waals surface area contributed by atoms with Gasteiger partial charge in [-0.3, -0.25) is 15.0 Å². The van der Waals surface area contributed by atoms with E-state index in [-0.39, 0.29) is 5.91 Å². The molecule has 0 spiro atoms. The van der Waals surface area contributed by atoms with Crippen LogP contribution in [0.15, 0.2) is 40.5 Å². The molecule has 0 aromatic carbocycles. The number of hydrogen-bond acceptors (Lipinski definition) is 9. The van der Waals surface area contributed by atoms with Crippen LogP contribution in [0.3, 0.4) is 0 Å². The van der Waals surface area contributed by atoms with Crippen molar-refractivity contribution >= 4 is 34.1 Å². The number of oxazole rings is 1. The van der Waals surface area contributed by atoms with Crippen molar-refractivity contribution in [1.82, 2.24) is 25.2 Å². The summed E-state index contributed by atoms with van der Waals surface area (Å²) in [5, 5.41) is 8.29. The Morgan fingerprint density at radius 3 is 2.71 bits per heavy atom. The van der Waals surface area contributed by atoms with E-state index >= 15 is 0 Å². The van der Waals surface area contributed by atoms with Crippen LogP contribution >= 0.6 is 11.3 Å². The van der Waals surface area contributed by atoms with Crippen LogP contribution in [-0.4, -0.2) is 59.0 Å². The van der Waals surface area contributed by atoms with Crippen LogP contribution in [0.4, 0.5) is 16.8 Å². The van der Waals surface area contributed by atoms with E-state index < -0.39 is 0 Å². The molecule has 9 nitrogen and oxygen atoms in total. The van der Waals surface area contributed by atoms with Gasteiger partial charge in [-0.05, 0) is 12.1 Å². The topological polar surface area (TPSA) is 99.4 Å². The molecule has 10 heteroatoms. The molecule has 0 radical (unpaired) electrons. The van der Waals surface area contributed by atoms with Crippen molar-refractivity contribution in [2.24, 2.45) is 0 Å². The number of pyridine rings is 1. The quantitative estimate of drug-likeness (QED) is 0.649. The van der Waals surface area contributed by atoms with Crippen molar-refractivity contribution in [3.8, 4) is 0 Å². The zero-order valence-corrected chi connectivity index (χ0v) is 16.3. The minimum Gasteiger partial charge on any atom is -0.427 e. The Labute approximate surface area is 166 Å². The largest absolute Gasteiger partial charge is 0.427 e. The zero-order chi connectivity index (χ0) is 19.3. The molecule has 3 aromatic heterocycles. The summed E-state index contributed by atoms with van der Waals surface area (Å²) < 4.78 is 5.76. The van der Waals surface area contributed by atoms with Gasteiger partial charge in [-0.15, -0.1) is 11.3 Å². The van der Waals surface area contributed by atoms with Crippen molar-refractivity contribution in [1.29, 1.82) is 0 Å². The van der Waals surface area contributed by atoms with Gasteiger partial charge in [-0.1, -0.05) is 0 Å². The van der Waals surface area contributed by atoms with Gasteiger partial charge in [0, 0.05) is 44.8 Å². The molecule has 3 aromatic rings. The van der Waals surface area contributed by atoms with Gasteiger partial charge >= 0.3 is 6.01 Å². The van der Waals surface area contributed by atoms with Crippen LogP contribution in [0, 0.1) is 0 Å². The molecule has 0 aliphatic carbocycles. The number of hydrogen-bond donors (Lipinski definition) is 2. The Kier molecular flexibility index (Phi) is 5.49. The fourth-order valence-corrected chi connectivity index (χ4v) is 3.55. The van der Waals surface area contributed by atoms with Crippen LogP contribution < -0.4 is 15.5 Å². The van der Waals surface area contributed by atoms with Gasteiger partial charge in [0.05, 0.1) is 24.6 Å². The normalized spacial score (nSPS) is 14.8. The van der Waals surface area contributed by atoms with Crippen molar-refractivity contribution in [2.45, 2.75) is 6.54 Å². The Morgan fingerprint density at radius 1 is 1.18 bits per heavy atom. The smallest absolute Gasteiger partial charge is 0.301 e. The van der Waals surface area contributed by atoms with E-state index in [4.69, 9.17) is 4.42 Å². The summed E-state index contributed by atoms with van der Waals surface area (Å²) >= 11 is 1.50. The average molecular weight is 399 g/mol. The molecule has 4 heterocycles. The van der Waals surface area contributed by atoms with E-state index in [1.807, 2.05) is 11.4 Å². The monoisotopic (exact) mass is 399 g/mol. The SMILES string of the molecule is CNC(=O)c1ccc(N2CCN(Cc3cnc(Nc4nccs4)o3)CC2)cn1. The van der Waals surface area contributed by atoms with E-state index in [1.165, 1.54) is 11.3 Å². The van der Waals surface area contributed by atoms with Crippen LogP contribution in [0.2, 0.25) is 0 Å². The lowest BCUT2D eigenvalue weighted by atomic mass is 10.2. The summed E-state index contributed by atoms with van der Waals surface area (Å²) in [4.78, 5) is 28.9. The summed E-state index contributed by atoms with van der Waals surface area (Å²) in [6.45, 7) is 4.31. The molecular weight excluding hydrogens is 378 g/mol. The Balaban J connectivity index is 1.28. The maximum absolute atomic E-state index is 11.6. The van der Waals surface area contributed by atoms with Crippen molar-refractivity contribution in [3.05, 3.63) is 47.6 Å². The number of piperazine rings is 1. The van der Waals surface area contributed by atoms with E-state index in [0.29, 0.717) is 18.3 Å². The average Bonchev–Trinajstić information content (AvgIpc) is 3.41. The second kappa shape index (κ2) is 8.36. The van der Waals surface area contributed by atoms with Crippen LogP contribution in [0.1, 0.15) is 16.2 Å². The molecule has 0 saturated carbocycles. The molecule has 146 valence electrons. The minimum absolute atomic E-state index is 0.174. The molecule has 0 bridgehead atoms. The molecule has 1 aliphatic heterocycles. The third-order valence-electron chi connectivity index (χ3n) is 4.52. The van der Waals surface area contributed by atoms with E-state index in [2.05, 4.69) is 35.4 Å². The van der Waals surface area contributed by atoms with Gasteiger partial charge in [0.15, 0.2) is 5.13 Å². The number of thiazole rings is 1. The van der Waals surface area contributed by atoms with Gasteiger partial charge in [0.25, 0.3) is 5.91 Å². The Hall–Kier alpha value is -2.98. The molecule has 0 unspecified atom stereocenters. The first-order valence-electron chi connectivity index (χ1n) is 8.98. The van der Waals surface area contributed by atoms with Gasteiger partial charge in [0.1, 0.15) is 11.5 Å². The van der Waals surface area contributed by atoms with Crippen LogP contribution in [-0.2, 0) is 6.54 Å². The first kappa shape index (κ1) is 18.4. The predicted octanol–water partition coefficient (Wildman–Crippen LogP) is 1.95. The fourth-order valence-electron chi connectivity index (χ4n) is 3.04. The number of carbonyl (C=O) groups is 1. The molecule has 4 rings (SSSR count). The highest BCUT2D eigenvalue weighted by Gasteiger charge is 2.19. The molecule has 28 heavy (non-hydrogen) atoms. The molecular formula is C18H21N7O2S. The van der Waals surface area contributed by atoms with Gasteiger partial charge in [0.2, 0.25) is 0 Å². The lowest BCUT2D eigenvalue weighted by Crippen LogP contribution is -2.46. The molecule has 1 saturated heterocycles. The molecule has 1 aliphatic rings. The van der Waals surface area contributed by atoms with E-state index in [0.717, 1.165) is 42.8 Å². The second-order valence-electron chi connectivity index (χ2n) is 6.34. The Morgan fingerprint density at radius 2 is 2.04 bits per heavy atom. The molecule has 1 amide bonds. The highest BCUT2D eigenvalue weighted by atomic mass is 32.1. The third kappa shape index (κ3) is 4.29. The van der Waals surface area contributed by atoms with E-state index in [9.17, 15) is 4.79 Å². The molecule has 1 fully saturated rings. The minimum atomic E-state index is -0.174. The number of anilines is 3. The van der Waals surface area contributed by atoms with Crippen molar-refractivity contribution in [2.75, 3.05) is 43.4 Å². The van der Waals surface area contributed by atoms with Gasteiger partial charge in [-0.2, -0.15) is 0 Å². The first-order chi connectivity index (χ1) is 13.7. The van der Waals surface area contributed by atoms with E-state index in [1.54, 1.807) is 31.7 Å². The first-order valence-corrected chi connectivity index (χ1v) is 9.86.